The third-order valence-electron chi connectivity index (χ3n) is 5.18. The van der Waals surface area contributed by atoms with E-state index in [-0.39, 0.29) is 17.7 Å². The Morgan fingerprint density at radius 3 is 2.59 bits per heavy atom. The average molecular weight is 309 g/mol. The maximum atomic E-state index is 12.7. The summed E-state index contributed by atoms with van der Waals surface area (Å²) >= 11 is 0. The molecule has 0 bridgehead atoms. The largest absolute Gasteiger partial charge is 0.342 e. The van der Waals surface area contributed by atoms with Crippen LogP contribution in [0.5, 0.6) is 0 Å². The predicted molar refractivity (Wildman–Crippen MR) is 87.5 cm³/mol. The van der Waals surface area contributed by atoms with Gasteiger partial charge in [0.05, 0.1) is 5.92 Å². The van der Waals surface area contributed by atoms with Crippen LogP contribution in [-0.4, -0.2) is 72.8 Å². The molecule has 0 radical (unpaired) electrons. The molecule has 0 aromatic carbocycles. The molecule has 0 aliphatic carbocycles. The summed E-state index contributed by atoms with van der Waals surface area (Å²) in [5.41, 5.74) is 0. The van der Waals surface area contributed by atoms with Gasteiger partial charge in [-0.3, -0.25) is 9.59 Å². The van der Waals surface area contributed by atoms with Crippen LogP contribution in [0.15, 0.2) is 0 Å². The highest BCUT2D eigenvalue weighted by molar-refractivity contribution is 5.89. The Morgan fingerprint density at radius 2 is 1.95 bits per heavy atom. The van der Waals surface area contributed by atoms with E-state index in [9.17, 15) is 9.59 Å². The van der Waals surface area contributed by atoms with E-state index in [0.717, 1.165) is 51.7 Å². The van der Waals surface area contributed by atoms with E-state index in [1.54, 1.807) is 0 Å². The van der Waals surface area contributed by atoms with Crippen LogP contribution < -0.4 is 0 Å². The maximum absolute atomic E-state index is 12.7. The minimum atomic E-state index is -0.126. The molecule has 5 heteroatoms. The van der Waals surface area contributed by atoms with Crippen LogP contribution in [-0.2, 0) is 9.59 Å². The van der Waals surface area contributed by atoms with Crippen LogP contribution in [0.2, 0.25) is 0 Å². The number of piperidine rings is 1. The zero-order valence-electron chi connectivity index (χ0n) is 14.4. The minimum absolute atomic E-state index is 0.126. The first-order valence-corrected chi connectivity index (χ1v) is 8.76. The van der Waals surface area contributed by atoms with E-state index in [1.807, 2.05) is 16.8 Å². The Bertz CT molecular complexity index is 391. The molecule has 126 valence electrons. The van der Waals surface area contributed by atoms with Crippen LogP contribution in [0, 0.1) is 5.92 Å². The minimum Gasteiger partial charge on any atom is -0.342 e. The number of amides is 2. The summed E-state index contributed by atoms with van der Waals surface area (Å²) in [6, 6.07) is 0.341. The smallest absolute Gasteiger partial charge is 0.227 e. The number of likely N-dealkylation sites (tertiary alicyclic amines) is 2. The van der Waals surface area contributed by atoms with Crippen molar-refractivity contribution in [2.24, 2.45) is 5.92 Å². The lowest BCUT2D eigenvalue weighted by molar-refractivity contribution is -0.137. The summed E-state index contributed by atoms with van der Waals surface area (Å²) in [4.78, 5) is 30.9. The van der Waals surface area contributed by atoms with Gasteiger partial charge in [0.15, 0.2) is 0 Å². The fraction of sp³-hybridized carbons (Fsp3) is 0.882. The number of nitrogens with zero attached hydrogens (tertiary/aromatic N) is 3. The molecular formula is C17H31N3O2. The van der Waals surface area contributed by atoms with E-state index < -0.39 is 0 Å². The van der Waals surface area contributed by atoms with Gasteiger partial charge in [-0.2, -0.15) is 0 Å². The first kappa shape index (κ1) is 17.3. The van der Waals surface area contributed by atoms with Crippen LogP contribution in [0.3, 0.4) is 0 Å². The molecule has 2 amide bonds. The van der Waals surface area contributed by atoms with Gasteiger partial charge in [0.25, 0.3) is 0 Å². The van der Waals surface area contributed by atoms with Gasteiger partial charge < -0.3 is 14.7 Å². The van der Waals surface area contributed by atoms with Crippen molar-refractivity contribution >= 4 is 11.8 Å². The van der Waals surface area contributed by atoms with Gasteiger partial charge >= 0.3 is 0 Å². The quantitative estimate of drug-likeness (QED) is 0.700. The third-order valence-corrected chi connectivity index (χ3v) is 5.18. The topological polar surface area (TPSA) is 43.9 Å². The van der Waals surface area contributed by atoms with Crippen LogP contribution in [0.4, 0.5) is 0 Å². The molecule has 2 saturated heterocycles. The van der Waals surface area contributed by atoms with Crippen molar-refractivity contribution < 1.29 is 9.59 Å². The number of hydrogen-bond donors (Lipinski definition) is 0. The molecule has 1 atom stereocenters. The molecule has 0 aromatic rings. The van der Waals surface area contributed by atoms with E-state index in [0.29, 0.717) is 19.0 Å². The summed E-state index contributed by atoms with van der Waals surface area (Å²) in [6.45, 7) is 5.70. The van der Waals surface area contributed by atoms with E-state index in [2.05, 4.69) is 18.9 Å². The molecule has 2 aliphatic heterocycles. The summed E-state index contributed by atoms with van der Waals surface area (Å²) in [5.74, 6) is 0.200. The Labute approximate surface area is 134 Å². The van der Waals surface area contributed by atoms with Crippen LogP contribution in [0.1, 0.15) is 45.4 Å². The second kappa shape index (κ2) is 7.95. The number of carbonyl (C=O) groups excluding carboxylic acids is 2. The number of carbonyl (C=O) groups is 2. The van der Waals surface area contributed by atoms with Gasteiger partial charge in [-0.05, 0) is 39.4 Å². The molecule has 1 unspecified atom stereocenters. The Morgan fingerprint density at radius 1 is 1.27 bits per heavy atom. The fourth-order valence-corrected chi connectivity index (χ4v) is 3.56. The van der Waals surface area contributed by atoms with E-state index in [1.165, 1.54) is 0 Å². The number of hydrogen-bond acceptors (Lipinski definition) is 3. The zero-order chi connectivity index (χ0) is 16.1. The molecule has 0 spiro atoms. The lowest BCUT2D eigenvalue weighted by atomic mass is 10.0. The van der Waals surface area contributed by atoms with Crippen molar-refractivity contribution in [3.05, 3.63) is 0 Å². The summed E-state index contributed by atoms with van der Waals surface area (Å²) < 4.78 is 0. The summed E-state index contributed by atoms with van der Waals surface area (Å²) in [5, 5.41) is 0. The third kappa shape index (κ3) is 4.22. The molecule has 5 nitrogen and oxygen atoms in total. The molecular weight excluding hydrogens is 278 g/mol. The van der Waals surface area contributed by atoms with Crippen LogP contribution in [0.25, 0.3) is 0 Å². The number of unbranched alkanes of at least 4 members (excludes halogenated alkanes) is 2. The lowest BCUT2D eigenvalue weighted by Crippen LogP contribution is -2.46. The van der Waals surface area contributed by atoms with Gasteiger partial charge in [0, 0.05) is 32.6 Å². The Hall–Kier alpha value is -1.10. The molecule has 0 aromatic heterocycles. The molecule has 2 aliphatic rings. The van der Waals surface area contributed by atoms with E-state index in [4.69, 9.17) is 0 Å². The fourth-order valence-electron chi connectivity index (χ4n) is 3.56. The lowest BCUT2D eigenvalue weighted by Gasteiger charge is -2.36. The summed E-state index contributed by atoms with van der Waals surface area (Å²) in [6.07, 6.45) is 5.84. The Kier molecular flexibility index (Phi) is 6.24. The van der Waals surface area contributed by atoms with Crippen molar-refractivity contribution in [2.45, 2.75) is 51.5 Å². The van der Waals surface area contributed by atoms with E-state index >= 15 is 0 Å². The molecule has 0 saturated carbocycles. The van der Waals surface area contributed by atoms with Gasteiger partial charge in [-0.1, -0.05) is 19.8 Å². The molecule has 2 rings (SSSR count). The highest BCUT2D eigenvalue weighted by Crippen LogP contribution is 2.23. The van der Waals surface area contributed by atoms with Gasteiger partial charge in [0.2, 0.25) is 11.8 Å². The molecule has 2 fully saturated rings. The first-order valence-electron chi connectivity index (χ1n) is 8.76. The second-order valence-corrected chi connectivity index (χ2v) is 6.93. The number of rotatable bonds is 6. The predicted octanol–water partition coefficient (Wildman–Crippen LogP) is 1.58. The highest BCUT2D eigenvalue weighted by Gasteiger charge is 2.37. The maximum Gasteiger partial charge on any atom is 0.227 e. The first-order chi connectivity index (χ1) is 10.5. The monoisotopic (exact) mass is 309 g/mol. The molecule has 2 heterocycles. The van der Waals surface area contributed by atoms with Gasteiger partial charge in [-0.25, -0.2) is 0 Å². The molecule has 22 heavy (non-hydrogen) atoms. The second-order valence-electron chi connectivity index (χ2n) is 6.93. The standard InChI is InChI=1S/C17H31N3O2/c1-4-5-6-9-20-13-14(12-16(20)21)17(22)19(3)15-7-10-18(2)11-8-15/h14-15H,4-13H2,1-3H3. The van der Waals surface area contributed by atoms with Crippen molar-refractivity contribution in [3.8, 4) is 0 Å². The highest BCUT2D eigenvalue weighted by atomic mass is 16.2. The van der Waals surface area contributed by atoms with Crippen molar-refractivity contribution in [1.29, 1.82) is 0 Å². The normalized spacial score (nSPS) is 24.0. The van der Waals surface area contributed by atoms with Crippen molar-refractivity contribution in [2.75, 3.05) is 40.3 Å². The Balaban J connectivity index is 1.83. The van der Waals surface area contributed by atoms with Crippen LogP contribution >= 0.6 is 0 Å². The average Bonchev–Trinajstić information content (AvgIpc) is 2.88. The summed E-state index contributed by atoms with van der Waals surface area (Å²) in [7, 11) is 4.05. The van der Waals surface area contributed by atoms with Gasteiger partial charge in [0.1, 0.15) is 0 Å². The zero-order valence-corrected chi connectivity index (χ0v) is 14.4. The SMILES string of the molecule is CCCCCN1CC(C(=O)N(C)C2CCN(C)CC2)CC1=O. The molecule has 0 N–H and O–H groups in total. The van der Waals surface area contributed by atoms with Crippen molar-refractivity contribution in [1.82, 2.24) is 14.7 Å². The van der Waals surface area contributed by atoms with Crippen molar-refractivity contribution in [3.63, 3.8) is 0 Å². The van der Waals surface area contributed by atoms with Gasteiger partial charge in [-0.15, -0.1) is 0 Å².